The Morgan fingerprint density at radius 2 is 2.00 bits per heavy atom. The second-order valence-electron chi connectivity index (χ2n) is 5.99. The predicted octanol–water partition coefficient (Wildman–Crippen LogP) is 3.68. The number of halogens is 1. The second-order valence-corrected chi connectivity index (χ2v) is 5.99. The normalized spacial score (nSPS) is 26.8. The molecule has 1 N–H and O–H groups in total. The number of ether oxygens (including phenoxy) is 1. The Labute approximate surface area is 115 Å². The van der Waals surface area contributed by atoms with E-state index in [2.05, 4.69) is 26.1 Å². The number of nitrogens with one attached hydrogen (secondary N) is 1. The first-order chi connectivity index (χ1) is 8.95. The van der Waals surface area contributed by atoms with Crippen molar-refractivity contribution in [2.45, 2.75) is 52.3 Å². The summed E-state index contributed by atoms with van der Waals surface area (Å²) in [5.74, 6) is -0.184. The summed E-state index contributed by atoms with van der Waals surface area (Å²) in [6, 6.07) is 7.40. The van der Waals surface area contributed by atoms with Crippen molar-refractivity contribution in [3.8, 4) is 0 Å². The summed E-state index contributed by atoms with van der Waals surface area (Å²) >= 11 is 0. The molecule has 1 fully saturated rings. The van der Waals surface area contributed by atoms with E-state index in [1.807, 2.05) is 19.1 Å². The molecule has 1 aliphatic carbocycles. The van der Waals surface area contributed by atoms with E-state index in [1.54, 1.807) is 0 Å². The molecule has 0 amide bonds. The van der Waals surface area contributed by atoms with Crippen LogP contribution in [0.25, 0.3) is 0 Å². The van der Waals surface area contributed by atoms with Crippen molar-refractivity contribution in [3.63, 3.8) is 0 Å². The largest absolute Gasteiger partial charge is 0.378 e. The van der Waals surface area contributed by atoms with Gasteiger partial charge in [-0.05, 0) is 38.0 Å². The highest BCUT2D eigenvalue weighted by Crippen LogP contribution is 2.43. The second kappa shape index (κ2) is 5.59. The molecule has 0 aliphatic heterocycles. The maximum Gasteiger partial charge on any atom is 0.123 e. The number of hydrogen-bond donors (Lipinski definition) is 1. The molecule has 2 unspecified atom stereocenters. The average molecular weight is 265 g/mol. The predicted molar refractivity (Wildman–Crippen MR) is 75.6 cm³/mol. The van der Waals surface area contributed by atoms with Gasteiger partial charge in [-0.1, -0.05) is 26.0 Å². The summed E-state index contributed by atoms with van der Waals surface area (Å²) < 4.78 is 18.6. The zero-order chi connectivity index (χ0) is 14.0. The van der Waals surface area contributed by atoms with Gasteiger partial charge >= 0.3 is 0 Å². The molecule has 0 aromatic heterocycles. The Bertz CT molecular complexity index is 415. The van der Waals surface area contributed by atoms with E-state index in [1.165, 1.54) is 12.1 Å². The fourth-order valence-electron chi connectivity index (χ4n) is 2.80. The van der Waals surface area contributed by atoms with E-state index in [-0.39, 0.29) is 17.3 Å². The van der Waals surface area contributed by atoms with Gasteiger partial charge in [-0.15, -0.1) is 0 Å². The smallest absolute Gasteiger partial charge is 0.123 e. The van der Waals surface area contributed by atoms with Crippen LogP contribution in [-0.2, 0) is 4.74 Å². The zero-order valence-corrected chi connectivity index (χ0v) is 12.2. The van der Waals surface area contributed by atoms with Gasteiger partial charge < -0.3 is 10.1 Å². The lowest BCUT2D eigenvalue weighted by molar-refractivity contribution is -0.116. The van der Waals surface area contributed by atoms with Gasteiger partial charge in [0.15, 0.2) is 0 Å². The van der Waals surface area contributed by atoms with Crippen LogP contribution in [-0.4, -0.2) is 18.8 Å². The van der Waals surface area contributed by atoms with Crippen molar-refractivity contribution < 1.29 is 9.13 Å². The van der Waals surface area contributed by atoms with Crippen LogP contribution in [0.2, 0.25) is 0 Å². The lowest BCUT2D eigenvalue weighted by Gasteiger charge is -2.52. The first-order valence-electron chi connectivity index (χ1n) is 7.08. The summed E-state index contributed by atoms with van der Waals surface area (Å²) in [5, 5.41) is 3.63. The van der Waals surface area contributed by atoms with Crippen molar-refractivity contribution in [1.29, 1.82) is 0 Å². The van der Waals surface area contributed by atoms with E-state index in [9.17, 15) is 4.39 Å². The van der Waals surface area contributed by atoms with Gasteiger partial charge in [-0.2, -0.15) is 0 Å². The third kappa shape index (κ3) is 2.98. The molecular formula is C16H24FNO. The molecule has 1 aromatic rings. The molecular weight excluding hydrogens is 241 g/mol. The van der Waals surface area contributed by atoms with Crippen LogP contribution >= 0.6 is 0 Å². The fraction of sp³-hybridized carbons (Fsp3) is 0.625. The van der Waals surface area contributed by atoms with Crippen molar-refractivity contribution in [2.75, 3.05) is 6.61 Å². The minimum Gasteiger partial charge on any atom is -0.378 e. The minimum atomic E-state index is -0.184. The Morgan fingerprint density at radius 3 is 2.53 bits per heavy atom. The van der Waals surface area contributed by atoms with Crippen LogP contribution in [0, 0.1) is 11.2 Å². The topological polar surface area (TPSA) is 21.3 Å². The molecule has 0 spiro atoms. The van der Waals surface area contributed by atoms with Crippen LogP contribution in [0.1, 0.15) is 45.7 Å². The van der Waals surface area contributed by atoms with E-state index in [0.29, 0.717) is 12.1 Å². The van der Waals surface area contributed by atoms with Gasteiger partial charge in [0.2, 0.25) is 0 Å². The molecule has 19 heavy (non-hydrogen) atoms. The molecule has 3 heteroatoms. The monoisotopic (exact) mass is 265 g/mol. The molecule has 1 aliphatic rings. The zero-order valence-electron chi connectivity index (χ0n) is 12.2. The number of hydrogen-bond acceptors (Lipinski definition) is 2. The molecule has 2 nitrogen and oxygen atoms in total. The summed E-state index contributed by atoms with van der Waals surface area (Å²) in [5.41, 5.74) is 1.28. The van der Waals surface area contributed by atoms with E-state index in [0.717, 1.165) is 18.6 Å². The molecule has 0 saturated heterocycles. The quantitative estimate of drug-likeness (QED) is 0.877. The van der Waals surface area contributed by atoms with Crippen molar-refractivity contribution >= 4 is 0 Å². The Morgan fingerprint density at radius 1 is 1.37 bits per heavy atom. The molecule has 106 valence electrons. The third-order valence-electron chi connectivity index (χ3n) is 4.37. The van der Waals surface area contributed by atoms with Gasteiger partial charge in [0.25, 0.3) is 0 Å². The minimum absolute atomic E-state index is 0.157. The first-order valence-corrected chi connectivity index (χ1v) is 7.08. The number of rotatable bonds is 5. The summed E-state index contributed by atoms with van der Waals surface area (Å²) in [4.78, 5) is 0. The van der Waals surface area contributed by atoms with Gasteiger partial charge in [0.1, 0.15) is 5.82 Å². The Kier molecular flexibility index (Phi) is 4.26. The van der Waals surface area contributed by atoms with Crippen LogP contribution in [0.5, 0.6) is 0 Å². The average Bonchev–Trinajstić information content (AvgIpc) is 2.38. The standard InChI is InChI=1S/C16H24FNO/c1-5-19-15-10-14(16(15,3)4)18-11(2)12-6-8-13(17)9-7-12/h6-9,11,14-15,18H,5,10H2,1-4H3/t11-,14?,15?/m0/s1. The SMILES string of the molecule is CCOC1CC(N[C@@H](C)c2ccc(F)cc2)C1(C)C. The van der Waals surface area contributed by atoms with Crippen molar-refractivity contribution in [3.05, 3.63) is 35.6 Å². The van der Waals surface area contributed by atoms with Crippen LogP contribution in [0.4, 0.5) is 4.39 Å². The third-order valence-corrected chi connectivity index (χ3v) is 4.37. The first kappa shape index (κ1) is 14.5. The highest BCUT2D eigenvalue weighted by Gasteiger charge is 2.48. The molecule has 1 aromatic carbocycles. The Hall–Kier alpha value is -0.930. The lowest BCUT2D eigenvalue weighted by atomic mass is 9.64. The van der Waals surface area contributed by atoms with Crippen LogP contribution in [0.15, 0.2) is 24.3 Å². The highest BCUT2D eigenvalue weighted by atomic mass is 19.1. The van der Waals surface area contributed by atoms with Gasteiger partial charge in [-0.25, -0.2) is 4.39 Å². The van der Waals surface area contributed by atoms with Crippen LogP contribution in [0.3, 0.4) is 0 Å². The molecule has 1 saturated carbocycles. The highest BCUT2D eigenvalue weighted by molar-refractivity contribution is 5.20. The van der Waals surface area contributed by atoms with E-state index >= 15 is 0 Å². The maximum absolute atomic E-state index is 12.9. The van der Waals surface area contributed by atoms with Gasteiger partial charge in [0.05, 0.1) is 6.10 Å². The molecule has 0 heterocycles. The summed E-state index contributed by atoms with van der Waals surface area (Å²) in [7, 11) is 0. The van der Waals surface area contributed by atoms with E-state index < -0.39 is 0 Å². The number of benzene rings is 1. The summed E-state index contributed by atoms with van der Waals surface area (Å²) in [6.07, 6.45) is 1.39. The summed E-state index contributed by atoms with van der Waals surface area (Å²) in [6.45, 7) is 9.42. The maximum atomic E-state index is 12.9. The van der Waals surface area contributed by atoms with Gasteiger partial charge in [0, 0.05) is 24.1 Å². The van der Waals surface area contributed by atoms with Gasteiger partial charge in [-0.3, -0.25) is 0 Å². The fourth-order valence-corrected chi connectivity index (χ4v) is 2.80. The molecule has 0 radical (unpaired) electrons. The lowest BCUT2D eigenvalue weighted by Crippen LogP contribution is -2.61. The van der Waals surface area contributed by atoms with Crippen molar-refractivity contribution in [2.24, 2.45) is 5.41 Å². The molecule has 3 atom stereocenters. The van der Waals surface area contributed by atoms with Crippen molar-refractivity contribution in [1.82, 2.24) is 5.32 Å². The Balaban J connectivity index is 1.93. The molecule has 2 rings (SSSR count). The van der Waals surface area contributed by atoms with E-state index in [4.69, 9.17) is 4.74 Å². The molecule has 0 bridgehead atoms. The van der Waals surface area contributed by atoms with Crippen LogP contribution < -0.4 is 5.32 Å².